The lowest BCUT2D eigenvalue weighted by Crippen LogP contribution is -2.29. The Hall–Kier alpha value is -2.35. The van der Waals surface area contributed by atoms with Crippen LogP contribution < -0.4 is 15.5 Å². The number of imidazole rings is 1. The Labute approximate surface area is 118 Å². The summed E-state index contributed by atoms with van der Waals surface area (Å²) >= 11 is 0. The van der Waals surface area contributed by atoms with Crippen LogP contribution in [0.1, 0.15) is 0 Å². The Bertz CT molecular complexity index is 508. The molecule has 0 spiro atoms. The lowest BCUT2D eigenvalue weighted by Gasteiger charge is -2.17. The van der Waals surface area contributed by atoms with Gasteiger partial charge in [-0.3, -0.25) is 0 Å². The van der Waals surface area contributed by atoms with Gasteiger partial charge in [-0.15, -0.1) is 0 Å². The molecule has 0 aliphatic carbocycles. The Balaban J connectivity index is 1.76. The smallest absolute Gasteiger partial charge is 0.336 e. The van der Waals surface area contributed by atoms with E-state index >= 15 is 0 Å². The van der Waals surface area contributed by atoms with Crippen LogP contribution in [-0.4, -0.2) is 35.0 Å². The summed E-state index contributed by atoms with van der Waals surface area (Å²) in [5.74, 6) is 1.88. The summed E-state index contributed by atoms with van der Waals surface area (Å²) in [6, 6.07) is 0. The molecular formula is C12H21N8+. The van der Waals surface area contributed by atoms with Gasteiger partial charge in [0.15, 0.2) is 0 Å². The van der Waals surface area contributed by atoms with Crippen molar-refractivity contribution < 1.29 is 4.57 Å². The van der Waals surface area contributed by atoms with Gasteiger partial charge in [0.05, 0.1) is 31.6 Å². The molecule has 0 saturated heterocycles. The molecule has 0 saturated carbocycles. The second kappa shape index (κ2) is 6.20. The van der Waals surface area contributed by atoms with Crippen LogP contribution in [0.5, 0.6) is 0 Å². The molecule has 1 aliphatic heterocycles. The Morgan fingerprint density at radius 1 is 1.25 bits per heavy atom. The minimum atomic E-state index is 0.643. The number of aryl methyl sites for hydroxylation is 2. The zero-order valence-electron chi connectivity index (χ0n) is 12.3. The van der Waals surface area contributed by atoms with E-state index in [9.17, 15) is 0 Å². The Morgan fingerprint density at radius 3 is 2.55 bits per heavy atom. The van der Waals surface area contributed by atoms with E-state index in [1.807, 2.05) is 71.9 Å². The average Bonchev–Trinajstić information content (AvgIpc) is 2.90. The highest BCUT2D eigenvalue weighted by Crippen LogP contribution is 2.13. The van der Waals surface area contributed by atoms with Crippen LogP contribution in [0.25, 0.3) is 0 Å². The maximum atomic E-state index is 4.09. The Kier molecular flexibility index (Phi) is 4.36. The molecule has 1 aromatic rings. The first-order chi connectivity index (χ1) is 9.59. The van der Waals surface area contributed by atoms with Crippen molar-refractivity contribution in [2.45, 2.75) is 0 Å². The van der Waals surface area contributed by atoms with Gasteiger partial charge in [-0.2, -0.15) is 0 Å². The molecule has 0 fully saturated rings. The van der Waals surface area contributed by atoms with Crippen molar-refractivity contribution in [2.75, 3.05) is 20.6 Å². The minimum absolute atomic E-state index is 0.643. The van der Waals surface area contributed by atoms with Crippen LogP contribution in [0, 0.1) is 0 Å². The van der Waals surface area contributed by atoms with Crippen LogP contribution in [0.4, 0.5) is 5.95 Å². The summed E-state index contributed by atoms with van der Waals surface area (Å²) in [6.45, 7) is 0.643. The van der Waals surface area contributed by atoms with Crippen LogP contribution >= 0.6 is 0 Å². The lowest BCUT2D eigenvalue weighted by atomic mass is 10.5. The van der Waals surface area contributed by atoms with Crippen LogP contribution in [0.3, 0.4) is 0 Å². The molecule has 0 amide bonds. The highest BCUT2D eigenvalue weighted by Gasteiger charge is 2.11. The van der Waals surface area contributed by atoms with E-state index in [1.54, 1.807) is 0 Å². The quantitative estimate of drug-likeness (QED) is 0.348. The van der Waals surface area contributed by atoms with Gasteiger partial charge in [0.2, 0.25) is 0 Å². The molecular weight excluding hydrogens is 256 g/mol. The van der Waals surface area contributed by atoms with E-state index < -0.39 is 0 Å². The monoisotopic (exact) mass is 277 g/mol. The van der Waals surface area contributed by atoms with Crippen LogP contribution in [-0.2, 0) is 14.1 Å². The topological polar surface area (TPSA) is 64.1 Å². The maximum Gasteiger partial charge on any atom is 0.422 e. The molecule has 1 aromatic heterocycles. The number of nitrogens with zero attached hydrogens (tertiary/aromatic N) is 6. The van der Waals surface area contributed by atoms with Crippen molar-refractivity contribution in [1.82, 2.24) is 25.3 Å². The van der Waals surface area contributed by atoms with Crippen molar-refractivity contribution >= 4 is 5.95 Å². The molecule has 1 aliphatic rings. The summed E-state index contributed by atoms with van der Waals surface area (Å²) in [5.41, 5.74) is 5.68. The summed E-state index contributed by atoms with van der Waals surface area (Å²) in [4.78, 5) is 4.10. The van der Waals surface area contributed by atoms with Gasteiger partial charge >= 0.3 is 5.95 Å². The minimum Gasteiger partial charge on any atom is -0.336 e. The first-order valence-electron chi connectivity index (χ1n) is 6.33. The SMILES string of the molecule is CN1C=CN(C)C1=CCNNN=Nc1n(C)cc[n+]1C. The largest absolute Gasteiger partial charge is 0.422 e. The summed E-state index contributed by atoms with van der Waals surface area (Å²) in [7, 11) is 7.86. The first-order valence-corrected chi connectivity index (χ1v) is 6.33. The molecule has 2 heterocycles. The molecule has 20 heavy (non-hydrogen) atoms. The molecule has 8 heteroatoms. The van der Waals surface area contributed by atoms with Gasteiger partial charge in [-0.25, -0.2) is 20.1 Å². The van der Waals surface area contributed by atoms with Gasteiger partial charge < -0.3 is 9.80 Å². The molecule has 0 bridgehead atoms. The fraction of sp³-hybridized carbons (Fsp3) is 0.417. The molecule has 0 unspecified atom stereocenters. The van der Waals surface area contributed by atoms with E-state index in [-0.39, 0.29) is 0 Å². The molecule has 0 radical (unpaired) electrons. The fourth-order valence-electron chi connectivity index (χ4n) is 1.91. The summed E-state index contributed by atoms with van der Waals surface area (Å²) < 4.78 is 3.78. The lowest BCUT2D eigenvalue weighted by molar-refractivity contribution is -0.657. The van der Waals surface area contributed by atoms with Gasteiger partial charge in [-0.1, -0.05) is 0 Å². The zero-order chi connectivity index (χ0) is 14.5. The van der Waals surface area contributed by atoms with Crippen molar-refractivity contribution in [1.29, 1.82) is 0 Å². The van der Waals surface area contributed by atoms with Gasteiger partial charge in [0.1, 0.15) is 5.82 Å². The van der Waals surface area contributed by atoms with Gasteiger partial charge in [0.25, 0.3) is 0 Å². The van der Waals surface area contributed by atoms with Crippen molar-refractivity contribution in [3.8, 4) is 0 Å². The van der Waals surface area contributed by atoms with E-state index in [0.29, 0.717) is 6.54 Å². The van der Waals surface area contributed by atoms with Gasteiger partial charge in [0, 0.05) is 38.3 Å². The molecule has 2 N–H and O–H groups in total. The maximum absolute atomic E-state index is 4.09. The molecule has 0 aromatic carbocycles. The average molecular weight is 277 g/mol. The van der Waals surface area contributed by atoms with Gasteiger partial charge in [-0.05, 0) is 6.08 Å². The third kappa shape index (κ3) is 3.15. The third-order valence-electron chi connectivity index (χ3n) is 3.04. The number of hydrogen-bond acceptors (Lipinski definition) is 5. The highest BCUT2D eigenvalue weighted by atomic mass is 15.6. The molecule has 2 rings (SSSR count). The standard InChI is InChI=1S/C12H20N8/c1-17-7-8-18(2)11(17)5-6-13-15-16-14-12-19(3)9-10-20(12)4/h5,7-10H,6H2,1-4H3,(H,13,16)/p+1. The molecule has 8 nitrogen and oxygen atoms in total. The van der Waals surface area contributed by atoms with Crippen molar-refractivity contribution in [2.24, 2.45) is 24.4 Å². The number of hydrazine groups is 1. The number of hydrogen-bond donors (Lipinski definition) is 2. The summed E-state index contributed by atoms with van der Waals surface area (Å²) in [5, 5.41) is 7.98. The van der Waals surface area contributed by atoms with E-state index in [1.165, 1.54) is 0 Å². The predicted octanol–water partition coefficient (Wildman–Crippen LogP) is 0.132. The second-order valence-electron chi connectivity index (χ2n) is 4.59. The fourth-order valence-corrected chi connectivity index (χ4v) is 1.91. The molecule has 0 atom stereocenters. The number of aromatic nitrogens is 2. The van der Waals surface area contributed by atoms with E-state index in [0.717, 1.165) is 11.8 Å². The number of rotatable bonds is 5. The van der Waals surface area contributed by atoms with Crippen LogP contribution in [0.15, 0.2) is 47.0 Å². The molecule has 108 valence electrons. The third-order valence-corrected chi connectivity index (χ3v) is 3.04. The predicted molar refractivity (Wildman–Crippen MR) is 75.0 cm³/mol. The van der Waals surface area contributed by atoms with E-state index in [4.69, 9.17) is 0 Å². The van der Waals surface area contributed by atoms with Crippen molar-refractivity contribution in [3.05, 3.63) is 36.7 Å². The van der Waals surface area contributed by atoms with E-state index in [2.05, 4.69) is 27.4 Å². The van der Waals surface area contributed by atoms with Crippen molar-refractivity contribution in [3.63, 3.8) is 0 Å². The zero-order valence-corrected chi connectivity index (χ0v) is 12.3. The summed E-state index contributed by atoms with van der Waals surface area (Å²) in [6.07, 6.45) is 9.92. The Morgan fingerprint density at radius 2 is 1.95 bits per heavy atom. The highest BCUT2D eigenvalue weighted by molar-refractivity contribution is 5.12. The van der Waals surface area contributed by atoms with Crippen LogP contribution in [0.2, 0.25) is 0 Å². The normalized spacial score (nSPS) is 14.7. The second-order valence-corrected chi connectivity index (χ2v) is 4.59. The first kappa shape index (κ1) is 14.1. The number of nitrogens with one attached hydrogen (secondary N) is 2.